The second kappa shape index (κ2) is 7.41. The van der Waals surface area contributed by atoms with Crippen LogP contribution in [0.1, 0.15) is 29.6 Å². The Kier molecular flexibility index (Phi) is 5.56. The Morgan fingerprint density at radius 2 is 2.20 bits per heavy atom. The number of rotatable bonds is 6. The summed E-state index contributed by atoms with van der Waals surface area (Å²) in [6.07, 6.45) is 1.83. The molecule has 0 bridgehead atoms. The molecule has 20 heavy (non-hydrogen) atoms. The van der Waals surface area contributed by atoms with Crippen molar-refractivity contribution in [3.8, 4) is 0 Å². The summed E-state index contributed by atoms with van der Waals surface area (Å²) in [6.45, 7) is 2.30. The number of halogens is 1. The molecule has 1 aromatic carbocycles. The summed E-state index contributed by atoms with van der Waals surface area (Å²) in [5.41, 5.74) is 1.78. The maximum Gasteiger partial charge on any atom is 0.306 e. The number of ether oxygens (including phenoxy) is 1. The monoisotopic (exact) mass is 309 g/mol. The van der Waals surface area contributed by atoms with Crippen LogP contribution in [0.5, 0.6) is 0 Å². The Hall–Kier alpha value is -1.39. The topological polar surface area (TPSA) is 39.2 Å². The highest BCUT2D eigenvalue weighted by atomic mass is 35.5. The maximum atomic E-state index is 11.7. The lowest BCUT2D eigenvalue weighted by molar-refractivity contribution is -0.145. The van der Waals surface area contributed by atoms with Crippen molar-refractivity contribution in [1.29, 1.82) is 0 Å². The number of aromatic nitrogens is 1. The molecule has 0 unspecified atom stereocenters. The largest absolute Gasteiger partial charge is 0.459 e. The van der Waals surface area contributed by atoms with E-state index in [1.54, 1.807) is 11.3 Å². The minimum Gasteiger partial charge on any atom is -0.459 e. The molecule has 0 saturated heterocycles. The minimum absolute atomic E-state index is 0.226. The van der Waals surface area contributed by atoms with Crippen LogP contribution in [0.3, 0.4) is 0 Å². The summed E-state index contributed by atoms with van der Waals surface area (Å²) in [7, 11) is 0. The summed E-state index contributed by atoms with van der Waals surface area (Å²) in [6, 6.07) is 7.53. The summed E-state index contributed by atoms with van der Waals surface area (Å²) < 4.78 is 5.21. The standard InChI is InChI=1S/C15H16ClNO2S/c1-2-14-17-12(10-20-14)9-19-15(18)8-7-11-5-3-4-6-13(11)16/h3-6,10H,2,7-9H2,1H3. The Balaban J connectivity index is 1.77. The lowest BCUT2D eigenvalue weighted by Gasteiger charge is -2.04. The van der Waals surface area contributed by atoms with Crippen molar-refractivity contribution in [1.82, 2.24) is 4.98 Å². The quantitative estimate of drug-likeness (QED) is 0.756. The van der Waals surface area contributed by atoms with Gasteiger partial charge in [0.05, 0.1) is 10.7 Å². The van der Waals surface area contributed by atoms with E-state index in [0.717, 1.165) is 22.7 Å². The third kappa shape index (κ3) is 4.32. The first-order valence-corrected chi connectivity index (χ1v) is 7.77. The van der Waals surface area contributed by atoms with Gasteiger partial charge in [-0.25, -0.2) is 4.98 Å². The first-order chi connectivity index (χ1) is 9.69. The van der Waals surface area contributed by atoms with Gasteiger partial charge in [0.2, 0.25) is 0 Å². The Morgan fingerprint density at radius 1 is 1.40 bits per heavy atom. The van der Waals surface area contributed by atoms with Gasteiger partial charge in [0.1, 0.15) is 6.61 Å². The highest BCUT2D eigenvalue weighted by Crippen LogP contribution is 2.17. The molecule has 0 amide bonds. The molecular weight excluding hydrogens is 294 g/mol. The number of hydrogen-bond donors (Lipinski definition) is 0. The summed E-state index contributed by atoms with van der Waals surface area (Å²) in [4.78, 5) is 16.0. The van der Waals surface area contributed by atoms with E-state index in [4.69, 9.17) is 16.3 Å². The molecule has 0 spiro atoms. The van der Waals surface area contributed by atoms with Gasteiger partial charge in [-0.3, -0.25) is 4.79 Å². The molecule has 0 aliphatic heterocycles. The normalized spacial score (nSPS) is 10.5. The van der Waals surface area contributed by atoms with Crippen LogP contribution in [0.2, 0.25) is 5.02 Å². The van der Waals surface area contributed by atoms with Crippen LogP contribution >= 0.6 is 22.9 Å². The van der Waals surface area contributed by atoms with E-state index in [0.29, 0.717) is 17.9 Å². The molecule has 1 aromatic heterocycles. The summed E-state index contributed by atoms with van der Waals surface area (Å²) >= 11 is 7.63. The van der Waals surface area contributed by atoms with Gasteiger partial charge in [-0.1, -0.05) is 36.7 Å². The molecule has 0 saturated carbocycles. The fraction of sp³-hybridized carbons (Fsp3) is 0.333. The second-order valence-electron chi connectivity index (χ2n) is 4.34. The zero-order chi connectivity index (χ0) is 14.4. The SMILES string of the molecule is CCc1nc(COC(=O)CCc2ccccc2Cl)cs1. The summed E-state index contributed by atoms with van der Waals surface area (Å²) in [5.74, 6) is -0.226. The van der Waals surface area contributed by atoms with Gasteiger partial charge < -0.3 is 4.74 Å². The number of benzene rings is 1. The fourth-order valence-corrected chi connectivity index (χ4v) is 2.70. The minimum atomic E-state index is -0.226. The van der Waals surface area contributed by atoms with Crippen molar-refractivity contribution < 1.29 is 9.53 Å². The van der Waals surface area contributed by atoms with Crippen molar-refractivity contribution in [3.05, 3.63) is 50.9 Å². The van der Waals surface area contributed by atoms with E-state index >= 15 is 0 Å². The van der Waals surface area contributed by atoms with Crippen LogP contribution in [0.25, 0.3) is 0 Å². The van der Waals surface area contributed by atoms with E-state index in [1.165, 1.54) is 0 Å². The second-order valence-corrected chi connectivity index (χ2v) is 5.69. The molecule has 5 heteroatoms. The average Bonchev–Trinajstić information content (AvgIpc) is 2.92. The van der Waals surface area contributed by atoms with Crippen molar-refractivity contribution in [2.45, 2.75) is 32.8 Å². The van der Waals surface area contributed by atoms with Crippen LogP contribution in [-0.2, 0) is 29.0 Å². The van der Waals surface area contributed by atoms with Gasteiger partial charge in [-0.2, -0.15) is 0 Å². The Labute approximate surface area is 127 Å². The zero-order valence-corrected chi connectivity index (χ0v) is 12.8. The van der Waals surface area contributed by atoms with Crippen LogP contribution in [0, 0.1) is 0 Å². The zero-order valence-electron chi connectivity index (χ0n) is 11.3. The number of thiazole rings is 1. The molecule has 2 rings (SSSR count). The maximum absolute atomic E-state index is 11.7. The number of carbonyl (C=O) groups excluding carboxylic acids is 1. The number of hydrogen-bond acceptors (Lipinski definition) is 4. The first-order valence-electron chi connectivity index (χ1n) is 6.51. The molecule has 0 aliphatic rings. The van der Waals surface area contributed by atoms with Crippen molar-refractivity contribution in [3.63, 3.8) is 0 Å². The van der Waals surface area contributed by atoms with E-state index in [1.807, 2.05) is 29.6 Å². The first kappa shape index (κ1) is 15.0. The molecular formula is C15H16ClNO2S. The van der Waals surface area contributed by atoms with Crippen LogP contribution in [0.4, 0.5) is 0 Å². The highest BCUT2D eigenvalue weighted by molar-refractivity contribution is 7.09. The molecule has 2 aromatic rings. The third-order valence-electron chi connectivity index (χ3n) is 2.84. The molecule has 0 fully saturated rings. The van der Waals surface area contributed by atoms with Gasteiger partial charge in [0.15, 0.2) is 0 Å². The third-order valence-corrected chi connectivity index (χ3v) is 4.25. The molecule has 0 radical (unpaired) electrons. The van der Waals surface area contributed by atoms with Gasteiger partial charge in [0, 0.05) is 16.8 Å². The fourth-order valence-electron chi connectivity index (χ4n) is 1.74. The lowest BCUT2D eigenvalue weighted by atomic mass is 10.1. The average molecular weight is 310 g/mol. The van der Waals surface area contributed by atoms with E-state index in [-0.39, 0.29) is 12.6 Å². The number of nitrogens with zero attached hydrogens (tertiary/aromatic N) is 1. The van der Waals surface area contributed by atoms with Gasteiger partial charge in [-0.15, -0.1) is 11.3 Å². The number of aryl methyl sites for hydroxylation is 2. The summed E-state index contributed by atoms with van der Waals surface area (Å²) in [5, 5.41) is 3.68. The Morgan fingerprint density at radius 3 is 2.90 bits per heavy atom. The van der Waals surface area contributed by atoms with E-state index in [9.17, 15) is 4.79 Å². The van der Waals surface area contributed by atoms with Crippen LogP contribution < -0.4 is 0 Å². The van der Waals surface area contributed by atoms with Crippen molar-refractivity contribution in [2.24, 2.45) is 0 Å². The molecule has 0 aliphatic carbocycles. The molecule has 106 valence electrons. The molecule has 0 N–H and O–H groups in total. The van der Waals surface area contributed by atoms with Crippen molar-refractivity contribution in [2.75, 3.05) is 0 Å². The van der Waals surface area contributed by atoms with Crippen molar-refractivity contribution >= 4 is 28.9 Å². The smallest absolute Gasteiger partial charge is 0.306 e. The van der Waals surface area contributed by atoms with Gasteiger partial charge in [-0.05, 0) is 24.5 Å². The number of esters is 1. The predicted molar refractivity (Wildman–Crippen MR) is 81.1 cm³/mol. The lowest BCUT2D eigenvalue weighted by Crippen LogP contribution is -2.06. The molecule has 3 nitrogen and oxygen atoms in total. The van der Waals surface area contributed by atoms with Crippen LogP contribution in [-0.4, -0.2) is 11.0 Å². The van der Waals surface area contributed by atoms with E-state index < -0.39 is 0 Å². The highest BCUT2D eigenvalue weighted by Gasteiger charge is 2.08. The van der Waals surface area contributed by atoms with Gasteiger partial charge in [0.25, 0.3) is 0 Å². The molecule has 0 atom stereocenters. The Bertz CT molecular complexity index is 583. The molecule has 1 heterocycles. The number of carbonyl (C=O) groups is 1. The van der Waals surface area contributed by atoms with E-state index in [2.05, 4.69) is 11.9 Å². The van der Waals surface area contributed by atoms with Crippen LogP contribution in [0.15, 0.2) is 29.6 Å². The predicted octanol–water partition coefficient (Wildman–Crippen LogP) is 4.03. The van der Waals surface area contributed by atoms with Gasteiger partial charge >= 0.3 is 5.97 Å².